The molecule has 7 nitrogen and oxygen atoms in total. The minimum Gasteiger partial charge on any atom is -0.508 e. The van der Waals surface area contributed by atoms with Gasteiger partial charge in [-0.25, -0.2) is 19.3 Å². The van der Waals surface area contributed by atoms with E-state index in [0.717, 1.165) is 5.56 Å². The Bertz CT molecular complexity index is 821. The number of para-hydroxylation sites is 1. The molecule has 2 heterocycles. The van der Waals surface area contributed by atoms with Gasteiger partial charge in [0.25, 0.3) is 0 Å². The Morgan fingerprint density at radius 2 is 2.20 bits per heavy atom. The molecular weight excluding hydrogens is 258 g/mol. The van der Waals surface area contributed by atoms with E-state index < -0.39 is 0 Å². The Balaban J connectivity index is 1.88. The molecule has 0 aliphatic carbocycles. The molecule has 0 unspecified atom stereocenters. The van der Waals surface area contributed by atoms with Crippen LogP contribution in [-0.4, -0.2) is 24.7 Å². The first-order valence-corrected chi connectivity index (χ1v) is 6.10. The van der Waals surface area contributed by atoms with E-state index in [9.17, 15) is 9.90 Å². The van der Waals surface area contributed by atoms with Gasteiger partial charge < -0.3 is 10.4 Å². The van der Waals surface area contributed by atoms with E-state index in [1.54, 1.807) is 25.1 Å². The lowest BCUT2D eigenvalue weighted by Gasteiger charge is -2.08. The number of aromatic hydroxyl groups is 1. The summed E-state index contributed by atoms with van der Waals surface area (Å²) in [7, 11) is 0. The topological polar surface area (TPSA) is 95.3 Å². The number of anilines is 1. The van der Waals surface area contributed by atoms with E-state index in [1.165, 1.54) is 4.40 Å². The van der Waals surface area contributed by atoms with Crippen molar-refractivity contribution in [2.75, 3.05) is 5.32 Å². The third kappa shape index (κ3) is 2.09. The fraction of sp³-hybridized carbons (Fsp3) is 0.154. The Morgan fingerprint density at radius 3 is 3.00 bits per heavy atom. The van der Waals surface area contributed by atoms with E-state index >= 15 is 0 Å². The molecule has 0 saturated heterocycles. The standard InChI is InChI=1S/C13H13N5O2/c1-8-15-11(6-12-16-17-13(20)18(8)12)14-7-9-4-2-3-5-10(9)19/h2-6,14,19H,7H2,1H3,(H,17,20). The highest BCUT2D eigenvalue weighted by molar-refractivity contribution is 5.50. The summed E-state index contributed by atoms with van der Waals surface area (Å²) in [6.07, 6.45) is 0. The first kappa shape index (κ1) is 12.2. The van der Waals surface area contributed by atoms with Gasteiger partial charge in [0.1, 0.15) is 17.4 Å². The van der Waals surface area contributed by atoms with Crippen molar-refractivity contribution in [3.63, 3.8) is 0 Å². The first-order chi connectivity index (χ1) is 9.65. The number of nitrogens with zero attached hydrogens (tertiary/aromatic N) is 3. The molecule has 0 atom stereocenters. The number of fused-ring (bicyclic) bond motifs is 1. The van der Waals surface area contributed by atoms with Crippen LogP contribution >= 0.6 is 0 Å². The van der Waals surface area contributed by atoms with Crippen molar-refractivity contribution in [1.82, 2.24) is 19.6 Å². The summed E-state index contributed by atoms with van der Waals surface area (Å²) in [5.74, 6) is 1.37. The molecule has 0 amide bonds. The van der Waals surface area contributed by atoms with Crippen LogP contribution in [0.1, 0.15) is 11.4 Å². The largest absolute Gasteiger partial charge is 0.508 e. The molecule has 0 radical (unpaired) electrons. The van der Waals surface area contributed by atoms with E-state index in [-0.39, 0.29) is 11.4 Å². The summed E-state index contributed by atoms with van der Waals surface area (Å²) in [6, 6.07) is 8.75. The average Bonchev–Trinajstić information content (AvgIpc) is 2.80. The predicted octanol–water partition coefficient (Wildman–Crippen LogP) is 1.04. The van der Waals surface area contributed by atoms with Crippen molar-refractivity contribution in [3.8, 4) is 5.75 Å². The molecule has 7 heteroatoms. The quantitative estimate of drug-likeness (QED) is 0.661. The van der Waals surface area contributed by atoms with Gasteiger partial charge in [-0.2, -0.15) is 5.10 Å². The number of aromatic nitrogens is 4. The zero-order chi connectivity index (χ0) is 14.1. The van der Waals surface area contributed by atoms with E-state index in [1.807, 2.05) is 12.1 Å². The summed E-state index contributed by atoms with van der Waals surface area (Å²) >= 11 is 0. The third-order valence-corrected chi connectivity index (χ3v) is 3.02. The summed E-state index contributed by atoms with van der Waals surface area (Å²) in [4.78, 5) is 15.8. The van der Waals surface area contributed by atoms with Crippen LogP contribution in [0.2, 0.25) is 0 Å². The molecular formula is C13H13N5O2. The van der Waals surface area contributed by atoms with E-state index in [2.05, 4.69) is 20.5 Å². The molecule has 0 aliphatic rings. The van der Waals surface area contributed by atoms with Crippen LogP contribution in [0.5, 0.6) is 5.75 Å². The van der Waals surface area contributed by atoms with Gasteiger partial charge in [0.2, 0.25) is 0 Å². The molecule has 0 spiro atoms. The van der Waals surface area contributed by atoms with Gasteiger partial charge in [-0.1, -0.05) is 18.2 Å². The van der Waals surface area contributed by atoms with Crippen molar-refractivity contribution < 1.29 is 5.11 Å². The van der Waals surface area contributed by atoms with Crippen LogP contribution in [0.3, 0.4) is 0 Å². The summed E-state index contributed by atoms with van der Waals surface area (Å²) in [5.41, 5.74) is 0.964. The van der Waals surface area contributed by atoms with Crippen LogP contribution in [0.15, 0.2) is 35.1 Å². The summed E-state index contributed by atoms with van der Waals surface area (Å²) < 4.78 is 1.39. The Kier molecular flexibility index (Phi) is 2.86. The molecule has 20 heavy (non-hydrogen) atoms. The fourth-order valence-corrected chi connectivity index (χ4v) is 2.03. The number of phenols is 1. The molecule has 2 aromatic heterocycles. The normalized spacial score (nSPS) is 10.8. The summed E-state index contributed by atoms with van der Waals surface area (Å²) in [5, 5.41) is 19.1. The molecule has 3 N–H and O–H groups in total. The highest BCUT2D eigenvalue weighted by atomic mass is 16.3. The number of phenolic OH excluding ortho intramolecular Hbond substituents is 1. The van der Waals surface area contributed by atoms with E-state index in [0.29, 0.717) is 23.8 Å². The minimum atomic E-state index is -0.308. The van der Waals surface area contributed by atoms with Crippen LogP contribution in [0, 0.1) is 6.92 Å². The van der Waals surface area contributed by atoms with Crippen molar-refractivity contribution >= 4 is 11.5 Å². The van der Waals surface area contributed by atoms with Gasteiger partial charge in [0.15, 0.2) is 5.65 Å². The maximum Gasteiger partial charge on any atom is 0.349 e. The Labute approximate surface area is 113 Å². The zero-order valence-corrected chi connectivity index (χ0v) is 10.8. The second-order valence-corrected chi connectivity index (χ2v) is 4.39. The smallest absolute Gasteiger partial charge is 0.349 e. The maximum atomic E-state index is 11.5. The zero-order valence-electron chi connectivity index (χ0n) is 10.8. The SMILES string of the molecule is Cc1nc(NCc2ccccc2O)cc2n[nH]c(=O)n12. The molecule has 0 aliphatic heterocycles. The van der Waals surface area contributed by atoms with Crippen molar-refractivity contribution in [1.29, 1.82) is 0 Å². The highest BCUT2D eigenvalue weighted by Gasteiger charge is 2.07. The number of aromatic amines is 1. The minimum absolute atomic E-state index is 0.230. The highest BCUT2D eigenvalue weighted by Crippen LogP contribution is 2.17. The van der Waals surface area contributed by atoms with E-state index in [4.69, 9.17) is 0 Å². The molecule has 1 aromatic carbocycles. The number of H-pyrrole nitrogens is 1. The lowest BCUT2D eigenvalue weighted by molar-refractivity contribution is 0.469. The van der Waals surface area contributed by atoms with Gasteiger partial charge in [0, 0.05) is 18.2 Å². The second kappa shape index (κ2) is 4.69. The Morgan fingerprint density at radius 1 is 1.40 bits per heavy atom. The second-order valence-electron chi connectivity index (χ2n) is 4.39. The third-order valence-electron chi connectivity index (χ3n) is 3.02. The van der Waals surface area contributed by atoms with Gasteiger partial charge >= 0.3 is 5.69 Å². The molecule has 102 valence electrons. The molecule has 0 saturated carbocycles. The van der Waals surface area contributed by atoms with Crippen molar-refractivity contribution in [3.05, 3.63) is 52.2 Å². The van der Waals surface area contributed by atoms with Gasteiger partial charge in [-0.3, -0.25) is 0 Å². The number of hydrogen-bond acceptors (Lipinski definition) is 5. The van der Waals surface area contributed by atoms with Crippen LogP contribution in [0.4, 0.5) is 5.82 Å². The molecule has 0 fully saturated rings. The molecule has 0 bridgehead atoms. The maximum absolute atomic E-state index is 11.5. The lowest BCUT2D eigenvalue weighted by atomic mass is 10.2. The average molecular weight is 271 g/mol. The Hall–Kier alpha value is -2.83. The van der Waals surface area contributed by atoms with Crippen molar-refractivity contribution in [2.45, 2.75) is 13.5 Å². The number of nitrogens with one attached hydrogen (secondary N) is 2. The number of rotatable bonds is 3. The molecule has 3 aromatic rings. The predicted molar refractivity (Wildman–Crippen MR) is 73.8 cm³/mol. The first-order valence-electron chi connectivity index (χ1n) is 6.10. The number of hydrogen-bond donors (Lipinski definition) is 3. The van der Waals surface area contributed by atoms with Crippen LogP contribution in [0.25, 0.3) is 5.65 Å². The fourth-order valence-electron chi connectivity index (χ4n) is 2.03. The van der Waals surface area contributed by atoms with Gasteiger partial charge in [0.05, 0.1) is 0 Å². The summed E-state index contributed by atoms with van der Waals surface area (Å²) in [6.45, 7) is 2.17. The van der Waals surface area contributed by atoms with Crippen molar-refractivity contribution in [2.24, 2.45) is 0 Å². The molecule has 3 rings (SSSR count). The van der Waals surface area contributed by atoms with Crippen LogP contribution < -0.4 is 11.0 Å². The van der Waals surface area contributed by atoms with Gasteiger partial charge in [-0.15, -0.1) is 0 Å². The lowest BCUT2D eigenvalue weighted by Crippen LogP contribution is -2.14. The monoisotopic (exact) mass is 271 g/mol. The van der Waals surface area contributed by atoms with Gasteiger partial charge in [-0.05, 0) is 13.0 Å². The number of aryl methyl sites for hydroxylation is 1. The van der Waals surface area contributed by atoms with Crippen LogP contribution in [-0.2, 0) is 6.54 Å². The number of benzene rings is 1.